The van der Waals surface area contributed by atoms with E-state index in [-0.39, 0.29) is 11.5 Å². The average Bonchev–Trinajstić information content (AvgIpc) is 2.80. The molecule has 0 aromatic carbocycles. The molecule has 1 aliphatic heterocycles. The third-order valence-corrected chi connectivity index (χ3v) is 4.35. The molecule has 1 aromatic heterocycles. The van der Waals surface area contributed by atoms with Crippen LogP contribution in [0, 0.1) is 25.2 Å². The molecule has 22 heavy (non-hydrogen) atoms. The van der Waals surface area contributed by atoms with E-state index in [0.29, 0.717) is 0 Å². The number of likely N-dealkylation sites (tertiary alicyclic amines) is 1. The molecule has 4 heteroatoms. The van der Waals surface area contributed by atoms with Crippen molar-refractivity contribution >= 4 is 12.0 Å². The molecule has 118 valence electrons. The van der Waals surface area contributed by atoms with Gasteiger partial charge in [0, 0.05) is 31.0 Å². The van der Waals surface area contributed by atoms with Gasteiger partial charge < -0.3 is 9.47 Å². The van der Waals surface area contributed by atoms with Gasteiger partial charge in [-0.15, -0.1) is 0 Å². The number of piperidine rings is 1. The van der Waals surface area contributed by atoms with Crippen molar-refractivity contribution in [2.45, 2.75) is 53.0 Å². The number of aromatic nitrogens is 1. The van der Waals surface area contributed by atoms with Gasteiger partial charge in [0.25, 0.3) is 5.91 Å². The maximum atomic E-state index is 12.5. The van der Waals surface area contributed by atoms with Crippen LogP contribution in [0.1, 0.15) is 49.6 Å². The van der Waals surface area contributed by atoms with Gasteiger partial charge in [-0.05, 0) is 57.2 Å². The lowest BCUT2D eigenvalue weighted by molar-refractivity contribution is -0.127. The van der Waals surface area contributed by atoms with Gasteiger partial charge in [-0.3, -0.25) is 4.79 Å². The van der Waals surface area contributed by atoms with Gasteiger partial charge in [-0.2, -0.15) is 5.26 Å². The molecule has 2 heterocycles. The largest absolute Gasteiger partial charge is 0.349 e. The highest BCUT2D eigenvalue weighted by Crippen LogP contribution is 2.20. The first-order chi connectivity index (χ1) is 10.6. The minimum Gasteiger partial charge on any atom is -0.349 e. The maximum absolute atomic E-state index is 12.5. The van der Waals surface area contributed by atoms with Crippen molar-refractivity contribution in [1.82, 2.24) is 9.47 Å². The summed E-state index contributed by atoms with van der Waals surface area (Å²) in [5.74, 6) is -0.123. The quantitative estimate of drug-likeness (QED) is 0.631. The first-order valence-corrected chi connectivity index (χ1v) is 8.16. The van der Waals surface area contributed by atoms with Crippen LogP contribution in [0.4, 0.5) is 0 Å². The van der Waals surface area contributed by atoms with Crippen LogP contribution in [0.25, 0.3) is 6.08 Å². The van der Waals surface area contributed by atoms with Crippen molar-refractivity contribution in [3.8, 4) is 6.07 Å². The Bertz CT molecular complexity index is 613. The molecular formula is C18H25N3O. The van der Waals surface area contributed by atoms with Gasteiger partial charge >= 0.3 is 0 Å². The molecule has 0 spiro atoms. The van der Waals surface area contributed by atoms with Crippen molar-refractivity contribution in [3.63, 3.8) is 0 Å². The van der Waals surface area contributed by atoms with E-state index in [9.17, 15) is 10.1 Å². The first kappa shape index (κ1) is 16.4. The monoisotopic (exact) mass is 299 g/mol. The first-order valence-electron chi connectivity index (χ1n) is 8.16. The SMILES string of the molecule is CCCn1c(C)cc(/C=C(\C#N)C(=O)N2CCCCC2)c1C. The van der Waals surface area contributed by atoms with Crippen LogP contribution in [0.3, 0.4) is 0 Å². The van der Waals surface area contributed by atoms with E-state index in [1.165, 1.54) is 12.1 Å². The molecular weight excluding hydrogens is 274 g/mol. The van der Waals surface area contributed by atoms with E-state index in [1.807, 2.05) is 4.90 Å². The lowest BCUT2D eigenvalue weighted by Gasteiger charge is -2.26. The molecule has 2 rings (SSSR count). The van der Waals surface area contributed by atoms with Crippen molar-refractivity contribution in [1.29, 1.82) is 5.26 Å². The summed E-state index contributed by atoms with van der Waals surface area (Å²) in [6.07, 6.45) is 6.07. The predicted octanol–water partition coefficient (Wildman–Crippen LogP) is 3.43. The second-order valence-corrected chi connectivity index (χ2v) is 6.00. The fourth-order valence-electron chi connectivity index (χ4n) is 3.11. The number of nitriles is 1. The summed E-state index contributed by atoms with van der Waals surface area (Å²) in [5, 5.41) is 9.39. The van der Waals surface area contributed by atoms with Gasteiger partial charge in [-0.25, -0.2) is 0 Å². The summed E-state index contributed by atoms with van der Waals surface area (Å²) in [7, 11) is 0. The Morgan fingerprint density at radius 1 is 1.32 bits per heavy atom. The van der Waals surface area contributed by atoms with E-state index < -0.39 is 0 Å². The van der Waals surface area contributed by atoms with Crippen molar-refractivity contribution < 1.29 is 4.79 Å². The minimum atomic E-state index is -0.123. The zero-order chi connectivity index (χ0) is 16.1. The Kier molecular flexibility index (Phi) is 5.43. The van der Waals surface area contributed by atoms with Crippen LogP contribution >= 0.6 is 0 Å². The number of hydrogen-bond donors (Lipinski definition) is 0. The smallest absolute Gasteiger partial charge is 0.264 e. The molecule has 0 atom stereocenters. The highest BCUT2D eigenvalue weighted by Gasteiger charge is 2.20. The van der Waals surface area contributed by atoms with Crippen LogP contribution in [-0.2, 0) is 11.3 Å². The number of amides is 1. The molecule has 1 aromatic rings. The predicted molar refractivity (Wildman–Crippen MR) is 88.2 cm³/mol. The summed E-state index contributed by atoms with van der Waals surface area (Å²) in [5.41, 5.74) is 3.53. The third-order valence-electron chi connectivity index (χ3n) is 4.35. The van der Waals surface area contributed by atoms with Gasteiger partial charge in [0.15, 0.2) is 0 Å². The summed E-state index contributed by atoms with van der Waals surface area (Å²) in [4.78, 5) is 14.3. The zero-order valence-corrected chi connectivity index (χ0v) is 13.9. The third kappa shape index (κ3) is 3.41. The van der Waals surface area contributed by atoms with Crippen LogP contribution in [-0.4, -0.2) is 28.5 Å². The minimum absolute atomic E-state index is 0.123. The molecule has 1 amide bonds. The van der Waals surface area contributed by atoms with Gasteiger partial charge in [-0.1, -0.05) is 6.92 Å². The molecule has 0 N–H and O–H groups in total. The van der Waals surface area contributed by atoms with Crippen LogP contribution in [0.2, 0.25) is 0 Å². The Morgan fingerprint density at radius 3 is 2.59 bits per heavy atom. The standard InChI is InChI=1S/C18H25N3O/c1-4-8-21-14(2)11-16(15(21)3)12-17(13-19)18(22)20-9-6-5-7-10-20/h11-12H,4-10H2,1-3H3/b17-12+. The molecule has 1 saturated heterocycles. The molecule has 0 unspecified atom stereocenters. The van der Waals surface area contributed by atoms with E-state index in [1.54, 1.807) is 6.08 Å². The summed E-state index contributed by atoms with van der Waals surface area (Å²) in [6, 6.07) is 4.16. The van der Waals surface area contributed by atoms with Crippen LogP contribution < -0.4 is 0 Å². The number of hydrogen-bond acceptors (Lipinski definition) is 2. The van der Waals surface area contributed by atoms with Crippen molar-refractivity contribution in [2.24, 2.45) is 0 Å². The number of nitrogens with zero attached hydrogens (tertiary/aromatic N) is 3. The zero-order valence-electron chi connectivity index (χ0n) is 13.9. The Morgan fingerprint density at radius 2 is 2.00 bits per heavy atom. The van der Waals surface area contributed by atoms with E-state index in [4.69, 9.17) is 0 Å². The van der Waals surface area contributed by atoms with E-state index >= 15 is 0 Å². The Labute approximate surface area is 133 Å². The van der Waals surface area contributed by atoms with Gasteiger partial charge in [0.1, 0.15) is 11.6 Å². The van der Waals surface area contributed by atoms with Crippen LogP contribution in [0.15, 0.2) is 11.6 Å². The summed E-state index contributed by atoms with van der Waals surface area (Å²) in [6.45, 7) is 8.77. The van der Waals surface area contributed by atoms with Crippen LogP contribution in [0.5, 0.6) is 0 Å². The van der Waals surface area contributed by atoms with Gasteiger partial charge in [0.2, 0.25) is 0 Å². The lowest BCUT2D eigenvalue weighted by atomic mass is 10.1. The second-order valence-electron chi connectivity index (χ2n) is 6.00. The lowest BCUT2D eigenvalue weighted by Crippen LogP contribution is -2.36. The number of carbonyl (C=O) groups excluding carboxylic acids is 1. The Balaban J connectivity index is 2.27. The molecule has 0 aliphatic carbocycles. The van der Waals surface area contributed by atoms with Gasteiger partial charge in [0.05, 0.1) is 0 Å². The number of rotatable bonds is 4. The molecule has 0 bridgehead atoms. The molecule has 0 radical (unpaired) electrons. The highest BCUT2D eigenvalue weighted by atomic mass is 16.2. The van der Waals surface area contributed by atoms with Crippen molar-refractivity contribution in [3.05, 3.63) is 28.6 Å². The summed E-state index contributed by atoms with van der Waals surface area (Å²) < 4.78 is 2.24. The van der Waals surface area contributed by atoms with E-state index in [2.05, 4.69) is 37.5 Å². The molecule has 4 nitrogen and oxygen atoms in total. The normalized spacial score (nSPS) is 15.7. The number of carbonyl (C=O) groups is 1. The van der Waals surface area contributed by atoms with Crippen molar-refractivity contribution in [2.75, 3.05) is 13.1 Å². The highest BCUT2D eigenvalue weighted by molar-refractivity contribution is 6.01. The maximum Gasteiger partial charge on any atom is 0.264 e. The second kappa shape index (κ2) is 7.31. The average molecular weight is 299 g/mol. The van der Waals surface area contributed by atoms with E-state index in [0.717, 1.165) is 50.2 Å². The summed E-state index contributed by atoms with van der Waals surface area (Å²) >= 11 is 0. The topological polar surface area (TPSA) is 49.0 Å². The molecule has 0 saturated carbocycles. The molecule has 1 aliphatic rings. The molecule has 1 fully saturated rings. The Hall–Kier alpha value is -2.02. The fourth-order valence-corrected chi connectivity index (χ4v) is 3.11. The number of aryl methyl sites for hydroxylation is 1. The fraction of sp³-hybridized carbons (Fsp3) is 0.556.